The lowest BCUT2D eigenvalue weighted by molar-refractivity contribution is 0.0949. The van der Waals surface area contributed by atoms with Gasteiger partial charge in [-0.15, -0.1) is 10.2 Å². The number of nitrogens with one attached hydrogen (secondary N) is 1. The molecule has 4 rings (SSSR count). The smallest absolute Gasteiger partial charge is 0.243 e. The Morgan fingerprint density at radius 3 is 2.18 bits per heavy atom. The molecule has 2 atom stereocenters. The normalized spacial score (nSPS) is 13.0. The maximum absolute atomic E-state index is 13.6. The van der Waals surface area contributed by atoms with Crippen LogP contribution in [0.1, 0.15) is 24.4 Å². The second-order valence-electron chi connectivity index (χ2n) is 8.27. The fourth-order valence-corrected chi connectivity index (χ4v) is 4.90. The van der Waals surface area contributed by atoms with Crippen LogP contribution in [0.25, 0.3) is 17.2 Å². The van der Waals surface area contributed by atoms with Gasteiger partial charge in [-0.25, -0.2) is 23.4 Å². The lowest BCUT2D eigenvalue weighted by atomic mass is 10.2. The number of hydrogen-bond acceptors (Lipinski definition) is 12. The summed E-state index contributed by atoms with van der Waals surface area (Å²) < 4.78 is 53.1. The van der Waals surface area contributed by atoms with Gasteiger partial charge in [0.25, 0.3) is 0 Å². The molecule has 0 saturated heterocycles. The van der Waals surface area contributed by atoms with Crippen LogP contribution >= 0.6 is 0 Å². The molecule has 0 spiro atoms. The van der Waals surface area contributed by atoms with Crippen LogP contribution in [0.15, 0.2) is 43.0 Å². The molecule has 15 heteroatoms. The number of sulfonamides is 1. The van der Waals surface area contributed by atoms with E-state index in [-0.39, 0.29) is 29.2 Å². The zero-order valence-electron chi connectivity index (χ0n) is 22.2. The number of methoxy groups -OCH3 is 4. The average Bonchev–Trinajstić information content (AvgIpc) is 3.35. The van der Waals surface area contributed by atoms with E-state index in [0.717, 1.165) is 5.56 Å². The molecule has 0 aliphatic carbocycles. The van der Waals surface area contributed by atoms with E-state index >= 15 is 0 Å². The standard InChI is InChI=1S/C24H28N8O6S/c1-14-10-26-22(27-11-14)21(38-6)15(2)39(33,34)31-24-30-29-23(16-12-25-13-19(28-16)37-5)32(24)20-17(35-3)8-7-9-18(20)36-4/h7-13,15,21H,1-6H3,(H,30,31). The second kappa shape index (κ2) is 11.6. The van der Waals surface area contributed by atoms with E-state index < -0.39 is 21.4 Å². The highest BCUT2D eigenvalue weighted by Crippen LogP contribution is 2.38. The van der Waals surface area contributed by atoms with E-state index in [2.05, 4.69) is 34.9 Å². The molecule has 14 nitrogen and oxygen atoms in total. The fraction of sp³-hybridized carbons (Fsp3) is 0.333. The van der Waals surface area contributed by atoms with Crippen LogP contribution in [0.2, 0.25) is 0 Å². The molecule has 1 N–H and O–H groups in total. The molecule has 0 amide bonds. The lowest BCUT2D eigenvalue weighted by Crippen LogP contribution is -2.33. The van der Waals surface area contributed by atoms with Gasteiger partial charge < -0.3 is 18.9 Å². The van der Waals surface area contributed by atoms with Gasteiger partial charge in [0, 0.05) is 19.5 Å². The van der Waals surface area contributed by atoms with Gasteiger partial charge in [0.05, 0.1) is 33.7 Å². The lowest BCUT2D eigenvalue weighted by Gasteiger charge is -2.22. The van der Waals surface area contributed by atoms with Crippen LogP contribution in [0.4, 0.5) is 5.95 Å². The first kappa shape index (κ1) is 27.7. The van der Waals surface area contributed by atoms with Gasteiger partial charge >= 0.3 is 0 Å². The second-order valence-corrected chi connectivity index (χ2v) is 10.3. The molecule has 206 valence electrons. The van der Waals surface area contributed by atoms with E-state index in [4.69, 9.17) is 18.9 Å². The number of benzene rings is 1. The summed E-state index contributed by atoms with van der Waals surface area (Å²) in [5.74, 6) is 1.18. The van der Waals surface area contributed by atoms with Crippen molar-refractivity contribution in [2.24, 2.45) is 0 Å². The van der Waals surface area contributed by atoms with Gasteiger partial charge in [0.2, 0.25) is 21.9 Å². The number of anilines is 1. The van der Waals surface area contributed by atoms with Gasteiger partial charge in [-0.1, -0.05) is 6.07 Å². The van der Waals surface area contributed by atoms with Crippen LogP contribution in [-0.2, 0) is 14.8 Å². The number of rotatable bonds is 11. The van der Waals surface area contributed by atoms with Crippen LogP contribution < -0.4 is 18.9 Å². The van der Waals surface area contributed by atoms with Gasteiger partial charge in [-0.2, -0.15) is 0 Å². The number of aromatic nitrogens is 7. The summed E-state index contributed by atoms with van der Waals surface area (Å²) in [4.78, 5) is 17.0. The van der Waals surface area contributed by atoms with Crippen molar-refractivity contribution in [2.45, 2.75) is 25.2 Å². The number of hydrogen-bond donors (Lipinski definition) is 1. The van der Waals surface area contributed by atoms with Gasteiger partial charge in [0.15, 0.2) is 11.6 Å². The van der Waals surface area contributed by atoms with E-state index in [1.165, 1.54) is 52.3 Å². The summed E-state index contributed by atoms with van der Waals surface area (Å²) in [6.45, 7) is 3.31. The summed E-state index contributed by atoms with van der Waals surface area (Å²) in [6, 6.07) is 5.11. The number of aryl methyl sites for hydroxylation is 1. The third-order valence-corrected chi connectivity index (χ3v) is 7.49. The molecule has 2 unspecified atom stereocenters. The summed E-state index contributed by atoms with van der Waals surface area (Å²) in [6.07, 6.45) is 5.09. The molecule has 0 fully saturated rings. The van der Waals surface area contributed by atoms with Crippen molar-refractivity contribution >= 4 is 16.0 Å². The van der Waals surface area contributed by atoms with Crippen molar-refractivity contribution in [2.75, 3.05) is 33.2 Å². The largest absolute Gasteiger partial charge is 0.494 e. The Hall–Kier alpha value is -4.37. The molecular formula is C24H28N8O6S. The van der Waals surface area contributed by atoms with Gasteiger partial charge in [-0.3, -0.25) is 14.3 Å². The van der Waals surface area contributed by atoms with Crippen LogP contribution in [0.5, 0.6) is 17.4 Å². The number of para-hydroxylation sites is 1. The van der Waals surface area contributed by atoms with Gasteiger partial charge in [-0.05, 0) is 31.5 Å². The minimum absolute atomic E-state index is 0.149. The average molecular weight is 557 g/mol. The monoisotopic (exact) mass is 556 g/mol. The minimum Gasteiger partial charge on any atom is -0.494 e. The zero-order chi connectivity index (χ0) is 28.2. The molecule has 39 heavy (non-hydrogen) atoms. The van der Waals surface area contributed by atoms with Crippen LogP contribution in [-0.4, -0.2) is 76.8 Å². The fourth-order valence-electron chi connectivity index (χ4n) is 3.77. The summed E-state index contributed by atoms with van der Waals surface area (Å²) in [5.41, 5.74) is 1.42. The predicted molar refractivity (Wildman–Crippen MR) is 141 cm³/mol. The molecule has 0 radical (unpaired) electrons. The molecule has 0 aliphatic rings. The zero-order valence-corrected chi connectivity index (χ0v) is 23.0. The Bertz CT molecular complexity index is 1520. The van der Waals surface area contributed by atoms with E-state index in [9.17, 15) is 8.42 Å². The van der Waals surface area contributed by atoms with Crippen molar-refractivity contribution in [1.29, 1.82) is 0 Å². The quantitative estimate of drug-likeness (QED) is 0.287. The first-order chi connectivity index (χ1) is 18.7. The summed E-state index contributed by atoms with van der Waals surface area (Å²) in [7, 11) is 1.64. The maximum atomic E-state index is 13.6. The van der Waals surface area contributed by atoms with Crippen molar-refractivity contribution in [1.82, 2.24) is 34.7 Å². The van der Waals surface area contributed by atoms with Crippen molar-refractivity contribution in [3.63, 3.8) is 0 Å². The third kappa shape index (κ3) is 5.58. The first-order valence-corrected chi connectivity index (χ1v) is 13.1. The van der Waals surface area contributed by atoms with E-state index in [0.29, 0.717) is 17.2 Å². The number of ether oxygens (including phenoxy) is 4. The topological polar surface area (TPSA) is 165 Å². The molecule has 3 heterocycles. The van der Waals surface area contributed by atoms with E-state index in [1.807, 2.05) is 6.92 Å². The first-order valence-electron chi connectivity index (χ1n) is 11.6. The Morgan fingerprint density at radius 1 is 0.923 bits per heavy atom. The van der Waals surface area contributed by atoms with Crippen molar-refractivity contribution < 1.29 is 27.4 Å². The van der Waals surface area contributed by atoms with Crippen molar-refractivity contribution in [3.8, 4) is 34.6 Å². The molecule has 3 aromatic heterocycles. The van der Waals surface area contributed by atoms with E-state index in [1.54, 1.807) is 30.6 Å². The molecule has 0 bridgehead atoms. The highest BCUT2D eigenvalue weighted by atomic mass is 32.2. The summed E-state index contributed by atoms with van der Waals surface area (Å²) >= 11 is 0. The minimum atomic E-state index is -4.15. The Kier molecular flexibility index (Phi) is 8.21. The Balaban J connectivity index is 1.85. The SMILES string of the molecule is COc1cncc(-c2nnc(NS(=O)(=O)C(C)C(OC)c3ncc(C)cn3)n2-c2c(OC)cccc2OC)n1. The third-order valence-electron chi connectivity index (χ3n) is 5.80. The highest BCUT2D eigenvalue weighted by Gasteiger charge is 2.35. The Morgan fingerprint density at radius 2 is 1.59 bits per heavy atom. The maximum Gasteiger partial charge on any atom is 0.243 e. The van der Waals surface area contributed by atoms with Crippen LogP contribution in [0, 0.1) is 6.92 Å². The molecule has 1 aromatic carbocycles. The number of nitrogens with zero attached hydrogens (tertiary/aromatic N) is 7. The molecule has 4 aromatic rings. The molecule has 0 saturated carbocycles. The molecule has 0 aliphatic heterocycles. The van der Waals surface area contributed by atoms with Crippen LogP contribution in [0.3, 0.4) is 0 Å². The highest BCUT2D eigenvalue weighted by molar-refractivity contribution is 7.93. The summed E-state index contributed by atoms with van der Waals surface area (Å²) in [5, 5.41) is 7.24. The predicted octanol–water partition coefficient (Wildman–Crippen LogP) is 2.37. The van der Waals surface area contributed by atoms with Crippen molar-refractivity contribution in [3.05, 3.63) is 54.4 Å². The van der Waals surface area contributed by atoms with Gasteiger partial charge in [0.1, 0.15) is 34.2 Å². The molecular weight excluding hydrogens is 528 g/mol. The Labute approximate surface area is 225 Å².